The average molecular weight is 366 g/mol. The molecule has 1 heterocycles. The molecule has 1 aliphatic carbocycles. The van der Waals surface area contributed by atoms with E-state index in [-0.39, 0.29) is 17.7 Å². The minimum absolute atomic E-state index is 0.0317. The molecule has 0 radical (unpaired) electrons. The highest BCUT2D eigenvalue weighted by atomic mass is 16.6. The van der Waals surface area contributed by atoms with Crippen LogP contribution in [0.3, 0.4) is 0 Å². The lowest BCUT2D eigenvalue weighted by Crippen LogP contribution is -2.26. The van der Waals surface area contributed by atoms with E-state index in [1.54, 1.807) is 36.2 Å². The molecule has 1 N–H and O–H groups in total. The first kappa shape index (κ1) is 17.4. The zero-order valence-electron chi connectivity index (χ0n) is 15.2. The van der Waals surface area contributed by atoms with E-state index in [4.69, 9.17) is 9.47 Å². The smallest absolute Gasteiger partial charge is 0.253 e. The molecule has 0 bridgehead atoms. The van der Waals surface area contributed by atoms with Crippen molar-refractivity contribution in [3.05, 3.63) is 53.6 Å². The van der Waals surface area contributed by atoms with Crippen LogP contribution >= 0.6 is 0 Å². The molecule has 0 aromatic heterocycles. The van der Waals surface area contributed by atoms with Crippen LogP contribution in [-0.4, -0.2) is 37.0 Å². The third kappa shape index (κ3) is 4.05. The number of carbonyl (C=O) groups is 2. The molecule has 1 fully saturated rings. The van der Waals surface area contributed by atoms with Crippen molar-refractivity contribution in [2.75, 3.05) is 25.6 Å². The van der Waals surface area contributed by atoms with Crippen LogP contribution in [0.4, 0.5) is 5.69 Å². The first-order valence-corrected chi connectivity index (χ1v) is 9.15. The van der Waals surface area contributed by atoms with Gasteiger partial charge in [-0.3, -0.25) is 9.59 Å². The molecular formula is C21H22N2O4. The normalized spacial score (nSPS) is 15.1. The standard InChI is InChI=1S/C21H22N2O4/c1-23(13-14-5-8-18-19(11-14)27-10-9-26-18)21(25)16-3-2-4-17(12-16)22-20(24)15-6-7-15/h2-5,8,11-12,15H,6-7,9-10,13H2,1H3,(H,22,24). The van der Waals surface area contributed by atoms with Crippen LogP contribution in [0.25, 0.3) is 0 Å². The van der Waals surface area contributed by atoms with Crippen molar-refractivity contribution in [3.63, 3.8) is 0 Å². The lowest BCUT2D eigenvalue weighted by molar-refractivity contribution is -0.117. The van der Waals surface area contributed by atoms with Crippen molar-refractivity contribution in [1.29, 1.82) is 0 Å². The predicted molar refractivity (Wildman–Crippen MR) is 101 cm³/mol. The van der Waals surface area contributed by atoms with Gasteiger partial charge in [0.15, 0.2) is 11.5 Å². The van der Waals surface area contributed by atoms with Gasteiger partial charge in [0.25, 0.3) is 5.91 Å². The van der Waals surface area contributed by atoms with Crippen molar-refractivity contribution in [3.8, 4) is 11.5 Å². The summed E-state index contributed by atoms with van der Waals surface area (Å²) in [6.07, 6.45) is 1.89. The Morgan fingerprint density at radius 1 is 1.07 bits per heavy atom. The van der Waals surface area contributed by atoms with Gasteiger partial charge in [-0.25, -0.2) is 0 Å². The number of benzene rings is 2. The van der Waals surface area contributed by atoms with Crippen LogP contribution < -0.4 is 14.8 Å². The van der Waals surface area contributed by atoms with E-state index in [1.807, 2.05) is 18.2 Å². The Bertz CT molecular complexity index is 876. The van der Waals surface area contributed by atoms with E-state index in [0.29, 0.717) is 36.8 Å². The second-order valence-electron chi connectivity index (χ2n) is 6.98. The molecule has 6 heteroatoms. The quantitative estimate of drug-likeness (QED) is 0.883. The lowest BCUT2D eigenvalue weighted by Gasteiger charge is -2.21. The number of anilines is 1. The molecule has 0 saturated heterocycles. The molecule has 0 spiro atoms. The third-order valence-corrected chi connectivity index (χ3v) is 4.70. The van der Waals surface area contributed by atoms with Crippen LogP contribution in [0.15, 0.2) is 42.5 Å². The third-order valence-electron chi connectivity index (χ3n) is 4.70. The van der Waals surface area contributed by atoms with Gasteiger partial charge in [0.1, 0.15) is 13.2 Å². The van der Waals surface area contributed by atoms with E-state index in [0.717, 1.165) is 24.2 Å². The van der Waals surface area contributed by atoms with E-state index in [2.05, 4.69) is 5.32 Å². The van der Waals surface area contributed by atoms with Gasteiger partial charge in [0.2, 0.25) is 5.91 Å². The number of fused-ring (bicyclic) bond motifs is 1. The molecule has 2 aromatic carbocycles. The topological polar surface area (TPSA) is 67.9 Å². The summed E-state index contributed by atoms with van der Waals surface area (Å²) in [6.45, 7) is 1.54. The molecule has 27 heavy (non-hydrogen) atoms. The SMILES string of the molecule is CN(Cc1ccc2c(c1)OCCO2)C(=O)c1cccc(NC(=O)C2CC2)c1. The maximum Gasteiger partial charge on any atom is 0.253 e. The van der Waals surface area contributed by atoms with E-state index in [1.165, 1.54) is 0 Å². The summed E-state index contributed by atoms with van der Waals surface area (Å²) in [7, 11) is 1.76. The van der Waals surface area contributed by atoms with Crippen molar-refractivity contribution < 1.29 is 19.1 Å². The zero-order valence-corrected chi connectivity index (χ0v) is 15.2. The summed E-state index contributed by atoms with van der Waals surface area (Å²) < 4.78 is 11.1. The number of carbonyl (C=O) groups excluding carboxylic acids is 2. The second kappa shape index (κ2) is 7.31. The van der Waals surface area contributed by atoms with Crippen molar-refractivity contribution >= 4 is 17.5 Å². The summed E-state index contributed by atoms with van der Waals surface area (Å²) >= 11 is 0. The minimum Gasteiger partial charge on any atom is -0.486 e. The summed E-state index contributed by atoms with van der Waals surface area (Å²) in [4.78, 5) is 26.3. The molecule has 0 unspecified atom stereocenters. The first-order valence-electron chi connectivity index (χ1n) is 9.15. The zero-order chi connectivity index (χ0) is 18.8. The molecular weight excluding hydrogens is 344 g/mol. The van der Waals surface area contributed by atoms with Crippen LogP contribution in [0.1, 0.15) is 28.8 Å². The molecule has 2 aromatic rings. The summed E-state index contributed by atoms with van der Waals surface area (Å²) in [5, 5.41) is 2.88. The summed E-state index contributed by atoms with van der Waals surface area (Å²) in [5.74, 6) is 1.50. The maximum atomic E-state index is 12.8. The fourth-order valence-electron chi connectivity index (χ4n) is 3.07. The van der Waals surface area contributed by atoms with E-state index in [9.17, 15) is 9.59 Å². The van der Waals surface area contributed by atoms with Gasteiger partial charge < -0.3 is 19.7 Å². The molecule has 2 aliphatic rings. The second-order valence-corrected chi connectivity index (χ2v) is 6.98. The Kier molecular flexibility index (Phi) is 4.71. The molecule has 6 nitrogen and oxygen atoms in total. The number of nitrogens with one attached hydrogen (secondary N) is 1. The van der Waals surface area contributed by atoms with Gasteiger partial charge in [-0.15, -0.1) is 0 Å². The van der Waals surface area contributed by atoms with Crippen LogP contribution in [0, 0.1) is 5.92 Å². The Morgan fingerprint density at radius 2 is 1.85 bits per heavy atom. The summed E-state index contributed by atoms with van der Waals surface area (Å²) in [6, 6.07) is 12.8. The molecule has 1 aliphatic heterocycles. The van der Waals surface area contributed by atoms with Crippen molar-refractivity contribution in [2.45, 2.75) is 19.4 Å². The number of amides is 2. The Balaban J connectivity index is 1.43. The molecule has 4 rings (SSSR count). The molecule has 0 atom stereocenters. The van der Waals surface area contributed by atoms with Crippen molar-refractivity contribution in [1.82, 2.24) is 4.90 Å². The molecule has 2 amide bonds. The Morgan fingerprint density at radius 3 is 2.63 bits per heavy atom. The minimum atomic E-state index is -0.104. The van der Waals surface area contributed by atoms with Crippen LogP contribution in [0.5, 0.6) is 11.5 Å². The summed E-state index contributed by atoms with van der Waals surface area (Å²) in [5.41, 5.74) is 2.17. The van der Waals surface area contributed by atoms with Gasteiger partial charge in [-0.2, -0.15) is 0 Å². The number of rotatable bonds is 5. The first-order chi connectivity index (χ1) is 13.1. The lowest BCUT2D eigenvalue weighted by atomic mass is 10.1. The fourth-order valence-corrected chi connectivity index (χ4v) is 3.07. The van der Waals surface area contributed by atoms with Crippen LogP contribution in [-0.2, 0) is 11.3 Å². The highest BCUT2D eigenvalue weighted by Crippen LogP contribution is 2.31. The predicted octanol–water partition coefficient (Wildman–Crippen LogP) is 3.08. The Labute approximate surface area is 158 Å². The monoisotopic (exact) mass is 366 g/mol. The van der Waals surface area contributed by atoms with Gasteiger partial charge in [-0.1, -0.05) is 12.1 Å². The van der Waals surface area contributed by atoms with E-state index >= 15 is 0 Å². The highest BCUT2D eigenvalue weighted by molar-refractivity contribution is 5.98. The molecule has 1 saturated carbocycles. The van der Waals surface area contributed by atoms with Gasteiger partial charge in [-0.05, 0) is 48.7 Å². The number of hydrogen-bond donors (Lipinski definition) is 1. The van der Waals surface area contributed by atoms with Crippen LogP contribution in [0.2, 0.25) is 0 Å². The molecule has 140 valence electrons. The average Bonchev–Trinajstić information content (AvgIpc) is 3.53. The largest absolute Gasteiger partial charge is 0.486 e. The number of nitrogens with zero attached hydrogens (tertiary/aromatic N) is 1. The van der Waals surface area contributed by atoms with E-state index < -0.39 is 0 Å². The van der Waals surface area contributed by atoms with Gasteiger partial charge in [0.05, 0.1) is 0 Å². The van der Waals surface area contributed by atoms with Gasteiger partial charge >= 0.3 is 0 Å². The maximum absolute atomic E-state index is 12.8. The number of ether oxygens (including phenoxy) is 2. The van der Waals surface area contributed by atoms with Crippen molar-refractivity contribution in [2.24, 2.45) is 5.92 Å². The highest BCUT2D eigenvalue weighted by Gasteiger charge is 2.29. The Hall–Kier alpha value is -3.02. The number of hydrogen-bond acceptors (Lipinski definition) is 4. The van der Waals surface area contributed by atoms with Gasteiger partial charge in [0, 0.05) is 30.8 Å². The fraction of sp³-hybridized carbons (Fsp3) is 0.333.